The molecule has 1 aromatic heterocycles. The number of benzene rings is 1. The molecule has 2 N–H and O–H groups in total. The molecule has 0 unspecified atom stereocenters. The molecule has 0 atom stereocenters. The van der Waals surface area contributed by atoms with Gasteiger partial charge in [0.15, 0.2) is 11.6 Å². The smallest absolute Gasteiger partial charge is 0.250 e. The van der Waals surface area contributed by atoms with Gasteiger partial charge < -0.3 is 10.4 Å². The molecule has 8 heteroatoms. The normalized spacial score (nSPS) is 11.4. The Bertz CT molecular complexity index is 575. The first kappa shape index (κ1) is 15.3. The molecule has 1 heterocycles. The van der Waals surface area contributed by atoms with E-state index in [9.17, 15) is 0 Å². The second-order valence-electron chi connectivity index (χ2n) is 3.82. The van der Waals surface area contributed by atoms with Crippen molar-refractivity contribution >= 4 is 40.8 Å². The van der Waals surface area contributed by atoms with Crippen LogP contribution in [0.2, 0.25) is 0 Å². The molecular formula is C12H11Cl3N4O. The number of aliphatic hydroxyl groups is 1. The van der Waals surface area contributed by atoms with E-state index in [-0.39, 0.29) is 24.9 Å². The van der Waals surface area contributed by atoms with E-state index in [4.69, 9.17) is 39.9 Å². The number of hydrogen-bond donors (Lipinski definition) is 2. The third-order valence-electron chi connectivity index (χ3n) is 2.32. The largest absolute Gasteiger partial charge is 0.395 e. The van der Waals surface area contributed by atoms with Crippen LogP contribution in [0.3, 0.4) is 0 Å². The zero-order valence-corrected chi connectivity index (χ0v) is 12.5. The molecule has 0 saturated heterocycles. The second kappa shape index (κ2) is 6.54. The van der Waals surface area contributed by atoms with Crippen LogP contribution >= 0.6 is 34.8 Å². The van der Waals surface area contributed by atoms with E-state index >= 15 is 0 Å². The SMILES string of the molecule is OCCNc1nc(-c2ccccc2)nc(C(Cl)(Cl)Cl)n1. The Hall–Kier alpha value is -1.14. The molecule has 2 aromatic rings. The van der Waals surface area contributed by atoms with Crippen LogP contribution in [0.15, 0.2) is 30.3 Å². The van der Waals surface area contributed by atoms with E-state index in [0.717, 1.165) is 5.56 Å². The predicted molar refractivity (Wildman–Crippen MR) is 80.1 cm³/mol. The van der Waals surface area contributed by atoms with Gasteiger partial charge in [0.05, 0.1) is 6.61 Å². The Balaban J connectivity index is 2.46. The van der Waals surface area contributed by atoms with E-state index in [2.05, 4.69) is 20.3 Å². The van der Waals surface area contributed by atoms with Gasteiger partial charge in [0, 0.05) is 12.1 Å². The lowest BCUT2D eigenvalue weighted by atomic mass is 10.2. The van der Waals surface area contributed by atoms with Crippen molar-refractivity contribution in [1.29, 1.82) is 0 Å². The molecule has 0 radical (unpaired) electrons. The van der Waals surface area contributed by atoms with Crippen LogP contribution in [-0.2, 0) is 3.79 Å². The first-order valence-corrected chi connectivity index (χ1v) is 6.87. The molecular weight excluding hydrogens is 323 g/mol. The molecule has 0 bridgehead atoms. The molecule has 0 fully saturated rings. The van der Waals surface area contributed by atoms with E-state index < -0.39 is 3.79 Å². The van der Waals surface area contributed by atoms with E-state index in [0.29, 0.717) is 5.82 Å². The summed E-state index contributed by atoms with van der Waals surface area (Å²) in [5, 5.41) is 11.7. The summed E-state index contributed by atoms with van der Waals surface area (Å²) in [5.74, 6) is 0.661. The van der Waals surface area contributed by atoms with Gasteiger partial charge in [0.2, 0.25) is 9.74 Å². The van der Waals surface area contributed by atoms with Crippen LogP contribution in [0, 0.1) is 0 Å². The maximum atomic E-state index is 8.83. The zero-order chi connectivity index (χ0) is 14.6. The highest BCUT2D eigenvalue weighted by Gasteiger charge is 2.28. The average Bonchev–Trinajstić information content (AvgIpc) is 2.45. The molecule has 0 saturated carbocycles. The first-order valence-electron chi connectivity index (χ1n) is 5.74. The van der Waals surface area contributed by atoms with Gasteiger partial charge in [-0.05, 0) is 0 Å². The summed E-state index contributed by atoms with van der Waals surface area (Å²) in [6, 6.07) is 9.27. The van der Waals surface area contributed by atoms with Crippen molar-refractivity contribution in [3.63, 3.8) is 0 Å². The van der Waals surface area contributed by atoms with Crippen LogP contribution in [0.1, 0.15) is 5.82 Å². The van der Waals surface area contributed by atoms with Gasteiger partial charge in [0.1, 0.15) is 0 Å². The fourth-order valence-electron chi connectivity index (χ4n) is 1.47. The highest BCUT2D eigenvalue weighted by molar-refractivity contribution is 6.66. The van der Waals surface area contributed by atoms with E-state index in [1.165, 1.54) is 0 Å². The lowest BCUT2D eigenvalue weighted by molar-refractivity contribution is 0.310. The van der Waals surface area contributed by atoms with Crippen molar-refractivity contribution in [2.75, 3.05) is 18.5 Å². The minimum absolute atomic E-state index is 0.0248. The standard InChI is InChI=1S/C12H11Cl3N4O/c13-12(14,15)10-17-9(8-4-2-1-3-5-8)18-11(19-10)16-6-7-20/h1-5,20H,6-7H2,(H,16,17,18,19). The number of hydrogen-bond acceptors (Lipinski definition) is 5. The Morgan fingerprint density at radius 3 is 2.35 bits per heavy atom. The van der Waals surface area contributed by atoms with Crippen molar-refractivity contribution in [2.45, 2.75) is 3.79 Å². The third-order valence-corrected chi connectivity index (χ3v) is 2.82. The minimum atomic E-state index is -1.75. The number of rotatable bonds is 4. The fraction of sp³-hybridized carbons (Fsp3) is 0.250. The summed E-state index contributed by atoms with van der Waals surface area (Å²) in [5.41, 5.74) is 0.775. The number of nitrogens with one attached hydrogen (secondary N) is 1. The van der Waals surface area contributed by atoms with Crippen LogP contribution < -0.4 is 5.32 Å². The van der Waals surface area contributed by atoms with Gasteiger partial charge >= 0.3 is 0 Å². The van der Waals surface area contributed by atoms with Gasteiger partial charge in [-0.1, -0.05) is 65.1 Å². The van der Waals surface area contributed by atoms with Crippen LogP contribution in [0.25, 0.3) is 11.4 Å². The predicted octanol–water partition coefficient (Wildman–Crippen LogP) is 2.77. The Morgan fingerprint density at radius 2 is 1.75 bits per heavy atom. The number of halogens is 3. The lowest BCUT2D eigenvalue weighted by Gasteiger charge is -2.12. The summed E-state index contributed by atoms with van der Waals surface area (Å²) in [7, 11) is 0. The average molecular weight is 334 g/mol. The summed E-state index contributed by atoms with van der Waals surface area (Å²) < 4.78 is -1.75. The molecule has 1 aromatic carbocycles. The van der Waals surface area contributed by atoms with Crippen molar-refractivity contribution < 1.29 is 5.11 Å². The van der Waals surface area contributed by atoms with Crippen LogP contribution in [-0.4, -0.2) is 33.2 Å². The molecule has 0 amide bonds. The highest BCUT2D eigenvalue weighted by Crippen LogP contribution is 2.36. The summed E-state index contributed by atoms with van der Waals surface area (Å²) >= 11 is 17.5. The van der Waals surface area contributed by atoms with Gasteiger partial charge in [-0.3, -0.25) is 0 Å². The molecule has 20 heavy (non-hydrogen) atoms. The number of aliphatic hydroxyl groups excluding tert-OH is 1. The summed E-state index contributed by atoms with van der Waals surface area (Å²) in [6.07, 6.45) is 0. The highest BCUT2D eigenvalue weighted by atomic mass is 35.6. The third kappa shape index (κ3) is 3.93. The number of anilines is 1. The van der Waals surface area contributed by atoms with Crippen molar-refractivity contribution in [1.82, 2.24) is 15.0 Å². The van der Waals surface area contributed by atoms with Crippen LogP contribution in [0.5, 0.6) is 0 Å². The molecule has 106 valence electrons. The number of aromatic nitrogens is 3. The maximum absolute atomic E-state index is 8.83. The molecule has 0 aliphatic rings. The maximum Gasteiger partial charge on any atom is 0.250 e. The van der Waals surface area contributed by atoms with Crippen molar-refractivity contribution in [3.05, 3.63) is 36.2 Å². The quantitative estimate of drug-likeness (QED) is 0.842. The Labute approximate surface area is 130 Å². The second-order valence-corrected chi connectivity index (χ2v) is 6.10. The zero-order valence-electron chi connectivity index (χ0n) is 10.2. The summed E-state index contributed by atoms with van der Waals surface area (Å²) in [4.78, 5) is 12.4. The Kier molecular flexibility index (Phi) is 4.99. The first-order chi connectivity index (χ1) is 9.50. The molecule has 0 aliphatic heterocycles. The Morgan fingerprint density at radius 1 is 1.05 bits per heavy atom. The van der Waals surface area contributed by atoms with E-state index in [1.54, 1.807) is 0 Å². The number of alkyl halides is 3. The van der Waals surface area contributed by atoms with Crippen LogP contribution in [0.4, 0.5) is 5.95 Å². The minimum Gasteiger partial charge on any atom is -0.395 e. The summed E-state index contributed by atoms with van der Waals surface area (Å²) in [6.45, 7) is 0.229. The van der Waals surface area contributed by atoms with Gasteiger partial charge in [-0.15, -0.1) is 0 Å². The van der Waals surface area contributed by atoms with Gasteiger partial charge in [-0.25, -0.2) is 4.98 Å². The van der Waals surface area contributed by atoms with Crippen molar-refractivity contribution in [3.8, 4) is 11.4 Å². The topological polar surface area (TPSA) is 70.9 Å². The number of nitrogens with zero attached hydrogens (tertiary/aromatic N) is 3. The molecule has 2 rings (SSSR count). The van der Waals surface area contributed by atoms with E-state index in [1.807, 2.05) is 30.3 Å². The van der Waals surface area contributed by atoms with Gasteiger partial charge in [-0.2, -0.15) is 9.97 Å². The molecule has 5 nitrogen and oxygen atoms in total. The molecule has 0 spiro atoms. The van der Waals surface area contributed by atoms with Crippen molar-refractivity contribution in [2.24, 2.45) is 0 Å². The lowest BCUT2D eigenvalue weighted by Crippen LogP contribution is -2.15. The fourth-order valence-corrected chi connectivity index (χ4v) is 1.72. The van der Waals surface area contributed by atoms with Gasteiger partial charge in [0.25, 0.3) is 0 Å². The molecule has 0 aliphatic carbocycles. The monoisotopic (exact) mass is 332 g/mol.